The zero-order chi connectivity index (χ0) is 46.7. The van der Waals surface area contributed by atoms with Gasteiger partial charge in [-0.05, 0) is 119 Å². The van der Waals surface area contributed by atoms with Gasteiger partial charge in [0, 0.05) is 55.1 Å². The number of pyridine rings is 2. The molecular formula is C50H60N8O8S. The van der Waals surface area contributed by atoms with Crippen LogP contribution in [-0.4, -0.2) is 90.6 Å². The molecular weight excluding hydrogens is 873 g/mol. The van der Waals surface area contributed by atoms with E-state index in [0.717, 1.165) is 94.7 Å². The van der Waals surface area contributed by atoms with E-state index in [-0.39, 0.29) is 58.2 Å². The second kappa shape index (κ2) is 17.7. The predicted octanol–water partition coefficient (Wildman–Crippen LogP) is 9.11. The number of nitrogens with zero attached hydrogens (tertiary/aromatic N) is 5. The van der Waals surface area contributed by atoms with Crippen LogP contribution in [0.5, 0.6) is 17.2 Å². The molecule has 6 heterocycles. The quantitative estimate of drug-likeness (QED) is 0.0839. The molecule has 2 aliphatic carbocycles. The molecule has 2 saturated heterocycles. The first-order valence-electron chi connectivity index (χ1n) is 23.7. The number of nitro groups is 1. The van der Waals surface area contributed by atoms with Crippen LogP contribution in [-0.2, 0) is 14.8 Å². The smallest absolute Gasteiger partial charge is 0.392 e. The first kappa shape index (κ1) is 45.0. The van der Waals surface area contributed by atoms with Gasteiger partial charge in [0.2, 0.25) is 0 Å². The van der Waals surface area contributed by atoms with Crippen LogP contribution in [0, 0.1) is 26.9 Å². The minimum atomic E-state index is -4.75. The summed E-state index contributed by atoms with van der Waals surface area (Å²) in [5.74, 6) is -0.546. The van der Waals surface area contributed by atoms with Crippen molar-refractivity contribution in [3.63, 3.8) is 0 Å². The largest absolute Gasteiger partial charge is 0.489 e. The molecule has 3 N–H and O–H groups in total. The highest BCUT2D eigenvalue weighted by Gasteiger charge is 2.50. The molecule has 5 aliphatic rings. The monoisotopic (exact) mass is 932 g/mol. The molecule has 4 fully saturated rings. The standard InChI is InChI=1S/C50H60N8O8S/c1-31(2)37-7-5-6-8-38(37)41-30-64-22-21-57(41)35-26-50(27-35)16-19-56(20-17-50)34-9-10-39(42(24-34)66-36-23-33-13-18-51-46(33)52-28-36)48(59)55-67(62,63)44-25-43-45(47(54-44)58(60)61)53-40(29-65-43)32-11-14-49(3,4)15-12-32/h5-10,13,18,23-25,28,31-32,35,40-41,53H,11-12,14-17,19-22,26-27,29-30H2,1-4H3,(H,51,52)(H,55,59)/t40-,41-/m1/s1. The van der Waals surface area contributed by atoms with Crippen LogP contribution in [0.4, 0.5) is 17.2 Å². The van der Waals surface area contributed by atoms with Crippen molar-refractivity contribution in [2.45, 2.75) is 108 Å². The maximum absolute atomic E-state index is 14.1. The highest BCUT2D eigenvalue weighted by molar-refractivity contribution is 7.90. The number of piperidine rings is 1. The minimum Gasteiger partial charge on any atom is -0.489 e. The zero-order valence-corrected chi connectivity index (χ0v) is 39.4. The molecule has 17 heteroatoms. The van der Waals surface area contributed by atoms with Crippen molar-refractivity contribution in [2.24, 2.45) is 16.7 Å². The summed E-state index contributed by atoms with van der Waals surface area (Å²) in [7, 11) is -4.75. The first-order chi connectivity index (χ1) is 32.1. The Bertz CT molecular complexity index is 2790. The van der Waals surface area contributed by atoms with E-state index >= 15 is 0 Å². The van der Waals surface area contributed by atoms with E-state index in [1.165, 1.54) is 17.3 Å². The minimum absolute atomic E-state index is 0.0126. The molecule has 2 aromatic carbocycles. The maximum atomic E-state index is 14.1. The Morgan fingerprint density at radius 3 is 2.54 bits per heavy atom. The number of aromatic amines is 1. The van der Waals surface area contributed by atoms with E-state index in [4.69, 9.17) is 14.2 Å². The fraction of sp³-hybridized carbons (Fsp3) is 0.500. The molecule has 16 nitrogen and oxygen atoms in total. The molecule has 0 bridgehead atoms. The number of H-pyrrole nitrogens is 1. The number of ether oxygens (including phenoxy) is 3. The van der Waals surface area contributed by atoms with E-state index in [0.29, 0.717) is 30.0 Å². The highest BCUT2D eigenvalue weighted by atomic mass is 32.2. The van der Waals surface area contributed by atoms with Crippen molar-refractivity contribution in [1.82, 2.24) is 24.6 Å². The Labute approximate surface area is 391 Å². The van der Waals surface area contributed by atoms with Gasteiger partial charge in [-0.15, -0.1) is 0 Å². The fourth-order valence-electron chi connectivity index (χ4n) is 11.3. The van der Waals surface area contributed by atoms with Crippen LogP contribution in [0.25, 0.3) is 11.0 Å². The third kappa shape index (κ3) is 9.05. The lowest BCUT2D eigenvalue weighted by atomic mass is 9.59. The highest BCUT2D eigenvalue weighted by Crippen LogP contribution is 2.53. The molecule has 3 aliphatic heterocycles. The van der Waals surface area contributed by atoms with E-state index in [2.05, 4.69) is 86.8 Å². The molecule has 5 aromatic rings. The SMILES string of the molecule is CC(C)c1ccccc1[C@H]1COCCN1C1CC2(CCN(c3ccc(C(=O)NS(=O)(=O)c4cc5c(c([N+](=O)[O-])n4)N[C@@H](C4CCC(C)(C)CC4)CO5)c(Oc4cnc5[nH]ccc5c4)c3)CC2)C1. The average molecular weight is 933 g/mol. The van der Waals surface area contributed by atoms with Crippen molar-refractivity contribution in [1.29, 1.82) is 0 Å². The average Bonchev–Trinajstić information content (AvgIpc) is 3.78. The Balaban J connectivity index is 0.856. The molecule has 67 heavy (non-hydrogen) atoms. The second-order valence-corrected chi connectivity index (χ2v) is 22.1. The van der Waals surface area contributed by atoms with Crippen molar-refractivity contribution < 1.29 is 32.3 Å². The van der Waals surface area contributed by atoms with Crippen molar-refractivity contribution in [2.75, 3.05) is 49.7 Å². The topological polar surface area (TPSA) is 194 Å². The van der Waals surface area contributed by atoms with Crippen LogP contribution < -0.4 is 24.4 Å². The summed E-state index contributed by atoms with van der Waals surface area (Å²) in [6, 6.07) is 19.2. The van der Waals surface area contributed by atoms with Gasteiger partial charge in [0.25, 0.3) is 10.9 Å². The number of amides is 1. The maximum Gasteiger partial charge on any atom is 0.392 e. The van der Waals surface area contributed by atoms with E-state index < -0.39 is 31.7 Å². The third-order valence-electron chi connectivity index (χ3n) is 15.3. The number of carbonyl (C=O) groups is 1. The zero-order valence-electron chi connectivity index (χ0n) is 38.6. The fourth-order valence-corrected chi connectivity index (χ4v) is 12.2. The number of nitrogens with one attached hydrogen (secondary N) is 3. The number of anilines is 2. The lowest BCUT2D eigenvalue weighted by Crippen LogP contribution is -2.58. The Morgan fingerprint density at radius 1 is 1.00 bits per heavy atom. The molecule has 2 atom stereocenters. The van der Waals surface area contributed by atoms with Gasteiger partial charge in [0.1, 0.15) is 23.8 Å². The third-order valence-corrected chi connectivity index (χ3v) is 16.5. The van der Waals surface area contributed by atoms with Gasteiger partial charge in [-0.2, -0.15) is 8.42 Å². The molecule has 0 radical (unpaired) electrons. The van der Waals surface area contributed by atoms with Crippen LogP contribution >= 0.6 is 0 Å². The Hall–Kier alpha value is -5.78. The van der Waals surface area contributed by atoms with Crippen LogP contribution in [0.3, 0.4) is 0 Å². The number of sulfonamides is 1. The van der Waals surface area contributed by atoms with E-state index in [1.54, 1.807) is 30.5 Å². The Morgan fingerprint density at radius 2 is 1.78 bits per heavy atom. The van der Waals surface area contributed by atoms with Gasteiger partial charge in [0.05, 0.1) is 37.1 Å². The summed E-state index contributed by atoms with van der Waals surface area (Å²) in [4.78, 5) is 42.2. The number of fused-ring (bicyclic) bond motifs is 2. The van der Waals surface area contributed by atoms with Crippen molar-refractivity contribution >= 4 is 44.2 Å². The number of aromatic nitrogens is 3. The summed E-state index contributed by atoms with van der Waals surface area (Å²) >= 11 is 0. The molecule has 1 amide bonds. The molecule has 0 unspecified atom stereocenters. The Kier molecular flexibility index (Phi) is 11.9. The lowest BCUT2D eigenvalue weighted by molar-refractivity contribution is -0.389. The first-order valence-corrected chi connectivity index (χ1v) is 25.2. The summed E-state index contributed by atoms with van der Waals surface area (Å²) in [5, 5.41) is 15.7. The number of hydrogen-bond donors (Lipinski definition) is 3. The number of rotatable bonds is 11. The summed E-state index contributed by atoms with van der Waals surface area (Å²) in [6.07, 6.45) is 11.6. The van der Waals surface area contributed by atoms with Gasteiger partial charge in [-0.1, -0.05) is 52.0 Å². The van der Waals surface area contributed by atoms with Crippen molar-refractivity contribution in [3.8, 4) is 17.2 Å². The lowest BCUT2D eigenvalue weighted by Gasteiger charge is -2.57. The number of benzene rings is 2. The van der Waals surface area contributed by atoms with Gasteiger partial charge in [0.15, 0.2) is 11.4 Å². The van der Waals surface area contributed by atoms with Gasteiger partial charge >= 0.3 is 15.8 Å². The van der Waals surface area contributed by atoms with E-state index in [9.17, 15) is 23.3 Å². The predicted molar refractivity (Wildman–Crippen MR) is 254 cm³/mol. The molecule has 10 rings (SSSR count). The molecule has 1 spiro atoms. The summed E-state index contributed by atoms with van der Waals surface area (Å²) < 4.78 is 48.4. The van der Waals surface area contributed by atoms with Gasteiger partial charge in [-0.25, -0.2) is 9.71 Å². The second-order valence-electron chi connectivity index (χ2n) is 20.4. The van der Waals surface area contributed by atoms with Crippen LogP contribution in [0.2, 0.25) is 0 Å². The summed E-state index contributed by atoms with van der Waals surface area (Å²) in [5.41, 5.74) is 4.73. The molecule has 354 valence electrons. The number of morpholine rings is 1. The van der Waals surface area contributed by atoms with E-state index in [1.807, 2.05) is 6.07 Å². The van der Waals surface area contributed by atoms with Crippen LogP contribution in [0.1, 0.15) is 113 Å². The molecule has 3 aromatic heterocycles. The summed E-state index contributed by atoms with van der Waals surface area (Å²) in [6.45, 7) is 13.2. The van der Waals surface area contributed by atoms with Crippen LogP contribution in [0.15, 0.2) is 78.1 Å². The van der Waals surface area contributed by atoms with Gasteiger partial charge in [-0.3, -0.25) is 9.69 Å². The number of hydrogen-bond acceptors (Lipinski definition) is 13. The number of carbonyl (C=O) groups excluding carboxylic acids is 1. The van der Waals surface area contributed by atoms with Crippen molar-refractivity contribution in [3.05, 3.63) is 99.9 Å². The van der Waals surface area contributed by atoms with Gasteiger partial charge < -0.3 is 39.5 Å². The normalized spacial score (nSPS) is 22.1. The molecule has 2 saturated carbocycles.